The number of nitriles is 1. The van der Waals surface area contributed by atoms with Gasteiger partial charge in [-0.3, -0.25) is 9.59 Å². The Balaban J connectivity index is 2.06. The van der Waals surface area contributed by atoms with Crippen LogP contribution in [0.4, 0.5) is 0 Å². The molecule has 2 aromatic carbocycles. The maximum Gasteiger partial charge on any atom is 0.271 e. The molecule has 2 amide bonds. The summed E-state index contributed by atoms with van der Waals surface area (Å²) >= 11 is 0. The highest BCUT2D eigenvalue weighted by atomic mass is 16.2. The number of carbonyl (C=O) groups excluding carboxylic acids is 2. The monoisotopic (exact) mass is 385 g/mol. The first-order chi connectivity index (χ1) is 13.9. The molecule has 29 heavy (non-hydrogen) atoms. The van der Waals surface area contributed by atoms with Gasteiger partial charge < -0.3 is 9.80 Å². The summed E-state index contributed by atoms with van der Waals surface area (Å²) in [4.78, 5) is 29.8. The van der Waals surface area contributed by atoms with Crippen LogP contribution in [0.5, 0.6) is 0 Å². The second-order valence-corrected chi connectivity index (χ2v) is 7.14. The molecular formula is C24H23N3O2. The van der Waals surface area contributed by atoms with Gasteiger partial charge in [0.1, 0.15) is 11.2 Å². The number of carbonyl (C=O) groups is 2. The Morgan fingerprint density at radius 3 is 2.38 bits per heavy atom. The van der Waals surface area contributed by atoms with Crippen LogP contribution in [0, 0.1) is 11.3 Å². The van der Waals surface area contributed by atoms with Gasteiger partial charge in [0.2, 0.25) is 0 Å². The molecule has 0 spiro atoms. The highest BCUT2D eigenvalue weighted by molar-refractivity contribution is 6.09. The molecule has 0 aromatic heterocycles. The Kier molecular flexibility index (Phi) is 5.65. The molecule has 5 heteroatoms. The number of piperazine rings is 1. The van der Waals surface area contributed by atoms with Gasteiger partial charge in [-0.25, -0.2) is 0 Å². The Morgan fingerprint density at radius 1 is 1.07 bits per heavy atom. The van der Waals surface area contributed by atoms with E-state index in [-0.39, 0.29) is 17.5 Å². The summed E-state index contributed by atoms with van der Waals surface area (Å²) in [6.45, 7) is 3.81. The Bertz CT molecular complexity index is 1020. The predicted octanol–water partition coefficient (Wildman–Crippen LogP) is 3.39. The molecule has 1 heterocycles. The normalized spacial score (nSPS) is 20.7. The van der Waals surface area contributed by atoms with Crippen molar-refractivity contribution in [2.45, 2.75) is 18.4 Å². The summed E-state index contributed by atoms with van der Waals surface area (Å²) in [7, 11) is 3.26. The highest BCUT2D eigenvalue weighted by Gasteiger charge is 2.51. The van der Waals surface area contributed by atoms with Crippen molar-refractivity contribution in [1.29, 1.82) is 5.26 Å². The van der Waals surface area contributed by atoms with Crippen molar-refractivity contribution in [2.24, 2.45) is 0 Å². The number of amides is 2. The zero-order chi connectivity index (χ0) is 21.0. The summed E-state index contributed by atoms with van der Waals surface area (Å²) in [6.07, 6.45) is 4.02. The Morgan fingerprint density at radius 2 is 1.72 bits per heavy atom. The molecule has 1 atom stereocenters. The van der Waals surface area contributed by atoms with Crippen molar-refractivity contribution in [3.8, 4) is 6.07 Å². The standard InChI is InChI=1S/C24H23N3O2/c1-4-14-24(16-18-10-6-5-7-11-18)23(29)26(2)21(22(28)27(24)3)15-19-12-8-9-13-20(19)17-25/h4-13,15H,1,14,16H2,2-3H3. The number of hydrogen-bond acceptors (Lipinski definition) is 3. The molecule has 0 bridgehead atoms. The van der Waals surface area contributed by atoms with Gasteiger partial charge in [0.05, 0.1) is 11.6 Å². The van der Waals surface area contributed by atoms with Gasteiger partial charge in [-0.1, -0.05) is 54.6 Å². The van der Waals surface area contributed by atoms with Crippen LogP contribution in [-0.4, -0.2) is 41.2 Å². The summed E-state index contributed by atoms with van der Waals surface area (Å²) in [5, 5.41) is 9.33. The van der Waals surface area contributed by atoms with Crippen LogP contribution in [0.3, 0.4) is 0 Å². The molecule has 0 aliphatic carbocycles. The first-order valence-electron chi connectivity index (χ1n) is 9.36. The van der Waals surface area contributed by atoms with E-state index in [2.05, 4.69) is 12.6 Å². The van der Waals surface area contributed by atoms with Crippen molar-refractivity contribution in [3.63, 3.8) is 0 Å². The molecule has 0 radical (unpaired) electrons. The van der Waals surface area contributed by atoms with E-state index < -0.39 is 5.54 Å². The van der Waals surface area contributed by atoms with E-state index in [1.165, 1.54) is 9.80 Å². The van der Waals surface area contributed by atoms with Gasteiger partial charge in [0, 0.05) is 20.5 Å². The fourth-order valence-electron chi connectivity index (χ4n) is 3.77. The van der Waals surface area contributed by atoms with Crippen LogP contribution < -0.4 is 0 Å². The summed E-state index contributed by atoms with van der Waals surface area (Å²) < 4.78 is 0. The number of likely N-dealkylation sites (N-methyl/N-ethyl adjacent to an activating group) is 2. The van der Waals surface area contributed by atoms with E-state index in [4.69, 9.17) is 0 Å². The number of rotatable bonds is 5. The van der Waals surface area contributed by atoms with E-state index in [9.17, 15) is 14.9 Å². The third-order valence-corrected chi connectivity index (χ3v) is 5.42. The fourth-order valence-corrected chi connectivity index (χ4v) is 3.77. The zero-order valence-electron chi connectivity index (χ0n) is 16.6. The minimum atomic E-state index is -1.04. The van der Waals surface area contributed by atoms with E-state index in [0.717, 1.165) is 5.56 Å². The smallest absolute Gasteiger partial charge is 0.271 e. The highest BCUT2D eigenvalue weighted by Crippen LogP contribution is 2.34. The van der Waals surface area contributed by atoms with Crippen LogP contribution in [0.1, 0.15) is 23.1 Å². The van der Waals surface area contributed by atoms with Gasteiger partial charge in [-0.2, -0.15) is 5.26 Å². The molecule has 1 aliphatic heterocycles. The second kappa shape index (κ2) is 8.15. The second-order valence-electron chi connectivity index (χ2n) is 7.14. The lowest BCUT2D eigenvalue weighted by Crippen LogP contribution is -2.65. The average molecular weight is 385 g/mol. The maximum absolute atomic E-state index is 13.5. The Hall–Kier alpha value is -3.65. The molecule has 3 rings (SSSR count). The molecule has 1 fully saturated rings. The van der Waals surface area contributed by atoms with Gasteiger partial charge >= 0.3 is 0 Å². The van der Waals surface area contributed by atoms with Crippen molar-refractivity contribution in [1.82, 2.24) is 9.80 Å². The van der Waals surface area contributed by atoms with E-state index in [1.807, 2.05) is 30.3 Å². The predicted molar refractivity (Wildman–Crippen MR) is 112 cm³/mol. The summed E-state index contributed by atoms with van der Waals surface area (Å²) in [5.41, 5.74) is 1.22. The summed E-state index contributed by atoms with van der Waals surface area (Å²) in [5.74, 6) is -0.443. The summed E-state index contributed by atoms with van der Waals surface area (Å²) in [6, 6.07) is 18.8. The van der Waals surface area contributed by atoms with Crippen molar-refractivity contribution in [2.75, 3.05) is 14.1 Å². The van der Waals surface area contributed by atoms with E-state index >= 15 is 0 Å². The van der Waals surface area contributed by atoms with Crippen LogP contribution in [0.2, 0.25) is 0 Å². The zero-order valence-corrected chi connectivity index (χ0v) is 16.6. The Labute approximate surface area is 171 Å². The molecule has 0 saturated carbocycles. The lowest BCUT2D eigenvalue weighted by atomic mass is 9.82. The molecule has 0 N–H and O–H groups in total. The first kappa shape index (κ1) is 20.1. The largest absolute Gasteiger partial charge is 0.325 e. The lowest BCUT2D eigenvalue weighted by molar-refractivity contribution is -0.156. The number of benzene rings is 2. The van der Waals surface area contributed by atoms with Crippen LogP contribution >= 0.6 is 0 Å². The van der Waals surface area contributed by atoms with Gasteiger partial charge in [-0.05, 0) is 29.7 Å². The molecule has 2 aromatic rings. The van der Waals surface area contributed by atoms with Crippen molar-refractivity contribution >= 4 is 17.9 Å². The minimum absolute atomic E-state index is 0.177. The van der Waals surface area contributed by atoms with Gasteiger partial charge in [0.25, 0.3) is 11.8 Å². The van der Waals surface area contributed by atoms with Crippen molar-refractivity contribution < 1.29 is 9.59 Å². The molecule has 146 valence electrons. The van der Waals surface area contributed by atoms with Crippen LogP contribution in [0.25, 0.3) is 6.08 Å². The topological polar surface area (TPSA) is 64.4 Å². The SMILES string of the molecule is C=CCC1(Cc2ccccc2)C(=O)N(C)C(=Cc2ccccc2C#N)C(=O)N1C. The molecule has 1 aliphatic rings. The quantitative estimate of drug-likeness (QED) is 0.585. The number of hydrogen-bond donors (Lipinski definition) is 0. The lowest BCUT2D eigenvalue weighted by Gasteiger charge is -2.47. The van der Waals surface area contributed by atoms with Gasteiger partial charge in [-0.15, -0.1) is 6.58 Å². The average Bonchev–Trinajstić information content (AvgIpc) is 2.75. The fraction of sp³-hybridized carbons (Fsp3) is 0.208. The third-order valence-electron chi connectivity index (χ3n) is 5.42. The van der Waals surface area contributed by atoms with E-state index in [0.29, 0.717) is 24.0 Å². The molecule has 1 saturated heterocycles. The molecule has 5 nitrogen and oxygen atoms in total. The first-order valence-corrected chi connectivity index (χ1v) is 9.36. The number of nitrogens with zero attached hydrogens (tertiary/aromatic N) is 3. The molecular weight excluding hydrogens is 362 g/mol. The third kappa shape index (κ3) is 3.57. The van der Waals surface area contributed by atoms with Gasteiger partial charge in [0.15, 0.2) is 0 Å². The minimum Gasteiger partial charge on any atom is -0.325 e. The van der Waals surface area contributed by atoms with Crippen LogP contribution in [-0.2, 0) is 16.0 Å². The molecule has 1 unspecified atom stereocenters. The van der Waals surface area contributed by atoms with E-state index in [1.54, 1.807) is 50.5 Å². The maximum atomic E-state index is 13.5. The van der Waals surface area contributed by atoms with Crippen molar-refractivity contribution in [3.05, 3.63) is 89.6 Å². The van der Waals surface area contributed by atoms with Crippen LogP contribution in [0.15, 0.2) is 72.9 Å².